The van der Waals surface area contributed by atoms with Gasteiger partial charge < -0.3 is 19.2 Å². The van der Waals surface area contributed by atoms with Crippen LogP contribution in [-0.2, 0) is 9.53 Å². The molecule has 3 heterocycles. The topological polar surface area (TPSA) is 80.0 Å². The molecule has 1 saturated heterocycles. The number of ether oxygens (including phenoxy) is 1. The Hall–Kier alpha value is -2.57. The Morgan fingerprint density at radius 2 is 2.15 bits per heavy atom. The van der Waals surface area contributed by atoms with Gasteiger partial charge >= 0.3 is 0 Å². The Bertz CT molecular complexity index is 899. The molecule has 7 heteroatoms. The molecule has 0 bridgehead atoms. The van der Waals surface area contributed by atoms with Crippen LogP contribution < -0.4 is 0 Å². The Kier molecular flexibility index (Phi) is 4.76. The summed E-state index contributed by atoms with van der Waals surface area (Å²) < 4.78 is 10.8. The van der Waals surface area contributed by atoms with Crippen molar-refractivity contribution in [2.75, 3.05) is 13.2 Å². The van der Waals surface area contributed by atoms with Crippen LogP contribution in [0.3, 0.4) is 0 Å². The number of benzene rings is 1. The van der Waals surface area contributed by atoms with Crippen LogP contribution in [0.2, 0.25) is 5.02 Å². The lowest BCUT2D eigenvalue weighted by Crippen LogP contribution is -2.37. The molecule has 140 valence electrons. The van der Waals surface area contributed by atoms with Gasteiger partial charge in [0.15, 0.2) is 11.5 Å². The highest BCUT2D eigenvalue weighted by Crippen LogP contribution is 2.40. The number of halogens is 1. The van der Waals surface area contributed by atoms with Crippen LogP contribution in [0.15, 0.2) is 58.4 Å². The first-order valence-electron chi connectivity index (χ1n) is 8.75. The molecule has 0 saturated carbocycles. The maximum atomic E-state index is 13.0. The zero-order valence-corrected chi connectivity index (χ0v) is 15.2. The Balaban J connectivity index is 1.76. The van der Waals surface area contributed by atoms with E-state index in [4.69, 9.17) is 20.8 Å². The molecule has 2 aliphatic heterocycles. The van der Waals surface area contributed by atoms with Crippen molar-refractivity contribution >= 4 is 23.3 Å². The Labute approximate surface area is 161 Å². The molecule has 1 N–H and O–H groups in total. The molecule has 1 aromatic heterocycles. The van der Waals surface area contributed by atoms with Crippen molar-refractivity contribution in [1.82, 2.24) is 4.90 Å². The summed E-state index contributed by atoms with van der Waals surface area (Å²) in [6.45, 7) is 0.932. The number of ketones is 1. The third-order valence-electron chi connectivity index (χ3n) is 4.88. The predicted molar refractivity (Wildman–Crippen MR) is 97.6 cm³/mol. The highest BCUT2D eigenvalue weighted by molar-refractivity contribution is 6.30. The van der Waals surface area contributed by atoms with E-state index in [9.17, 15) is 14.7 Å². The number of rotatable bonds is 5. The standard InChI is InChI=1S/C20H18ClNO5/c21-13-5-1-4-12(10-13)17-16(18(23)15-7-3-9-27-15)19(24)20(25)22(17)11-14-6-2-8-26-14/h1,3-5,7,9-10,14,17,24H,2,6,8,11H2. The number of amides is 1. The number of furan rings is 1. The zero-order valence-electron chi connectivity index (χ0n) is 14.4. The average molecular weight is 388 g/mol. The Morgan fingerprint density at radius 3 is 2.81 bits per heavy atom. The normalized spacial score (nSPS) is 22.7. The van der Waals surface area contributed by atoms with Crippen molar-refractivity contribution in [2.45, 2.75) is 25.0 Å². The van der Waals surface area contributed by atoms with Gasteiger partial charge in [-0.2, -0.15) is 0 Å². The molecular formula is C20H18ClNO5. The fraction of sp³-hybridized carbons (Fsp3) is 0.300. The largest absolute Gasteiger partial charge is 0.503 e. The summed E-state index contributed by atoms with van der Waals surface area (Å²) >= 11 is 6.13. The van der Waals surface area contributed by atoms with Gasteiger partial charge in [-0.25, -0.2) is 0 Å². The summed E-state index contributed by atoms with van der Waals surface area (Å²) in [4.78, 5) is 27.2. The van der Waals surface area contributed by atoms with E-state index < -0.39 is 23.5 Å². The molecule has 0 aliphatic carbocycles. The first kappa shape index (κ1) is 17.8. The molecular weight excluding hydrogens is 370 g/mol. The van der Waals surface area contributed by atoms with Gasteiger partial charge in [-0.05, 0) is 42.7 Å². The van der Waals surface area contributed by atoms with Crippen molar-refractivity contribution in [1.29, 1.82) is 0 Å². The summed E-state index contributed by atoms with van der Waals surface area (Å²) in [6, 6.07) is 9.26. The minimum Gasteiger partial charge on any atom is -0.503 e. The van der Waals surface area contributed by atoms with Crippen LogP contribution in [-0.4, -0.2) is 41.0 Å². The van der Waals surface area contributed by atoms with Gasteiger partial charge in [0.1, 0.15) is 0 Å². The number of hydrogen-bond donors (Lipinski definition) is 1. The first-order chi connectivity index (χ1) is 13.1. The molecule has 2 atom stereocenters. The molecule has 2 unspecified atom stereocenters. The monoisotopic (exact) mass is 387 g/mol. The molecule has 6 nitrogen and oxygen atoms in total. The maximum Gasteiger partial charge on any atom is 0.290 e. The summed E-state index contributed by atoms with van der Waals surface area (Å²) in [6.07, 6.45) is 3.00. The minimum atomic E-state index is -0.752. The number of nitrogens with zero attached hydrogens (tertiary/aromatic N) is 1. The summed E-state index contributed by atoms with van der Waals surface area (Å²) in [5.74, 6) is -1.61. The smallest absolute Gasteiger partial charge is 0.290 e. The Morgan fingerprint density at radius 1 is 1.30 bits per heavy atom. The van der Waals surface area contributed by atoms with Crippen LogP contribution in [0.1, 0.15) is 35.0 Å². The van der Waals surface area contributed by atoms with Gasteiger partial charge in [0, 0.05) is 18.2 Å². The van der Waals surface area contributed by atoms with E-state index in [1.807, 2.05) is 0 Å². The molecule has 0 radical (unpaired) electrons. The summed E-state index contributed by atoms with van der Waals surface area (Å²) in [7, 11) is 0. The second kappa shape index (κ2) is 7.21. The number of aliphatic hydroxyl groups is 1. The SMILES string of the molecule is O=C(C1=C(O)C(=O)N(CC2CCCO2)C1c1cccc(Cl)c1)c1ccco1. The van der Waals surface area contributed by atoms with Crippen molar-refractivity contribution in [3.63, 3.8) is 0 Å². The van der Waals surface area contributed by atoms with Gasteiger partial charge in [-0.3, -0.25) is 9.59 Å². The van der Waals surface area contributed by atoms with Gasteiger partial charge in [0.25, 0.3) is 5.91 Å². The highest BCUT2D eigenvalue weighted by Gasteiger charge is 2.45. The molecule has 0 spiro atoms. The fourth-order valence-corrected chi connectivity index (χ4v) is 3.84. The van der Waals surface area contributed by atoms with Gasteiger partial charge in [-0.1, -0.05) is 23.7 Å². The van der Waals surface area contributed by atoms with Crippen LogP contribution >= 0.6 is 11.6 Å². The van der Waals surface area contributed by atoms with Crippen LogP contribution in [0.25, 0.3) is 0 Å². The number of carbonyl (C=O) groups excluding carboxylic acids is 2. The lowest BCUT2D eigenvalue weighted by atomic mass is 9.95. The van der Waals surface area contributed by atoms with Crippen LogP contribution in [0, 0.1) is 0 Å². The van der Waals surface area contributed by atoms with Crippen LogP contribution in [0.5, 0.6) is 0 Å². The van der Waals surface area contributed by atoms with E-state index in [0.717, 1.165) is 12.8 Å². The second-order valence-corrected chi connectivity index (χ2v) is 7.06. The van der Waals surface area contributed by atoms with Crippen LogP contribution in [0.4, 0.5) is 0 Å². The van der Waals surface area contributed by atoms with E-state index in [1.165, 1.54) is 17.2 Å². The maximum absolute atomic E-state index is 13.0. The average Bonchev–Trinajstić information content (AvgIpc) is 3.40. The number of aliphatic hydroxyl groups excluding tert-OH is 1. The molecule has 4 rings (SSSR count). The molecule has 27 heavy (non-hydrogen) atoms. The van der Waals surface area contributed by atoms with E-state index >= 15 is 0 Å². The lowest BCUT2D eigenvalue weighted by Gasteiger charge is -2.28. The lowest BCUT2D eigenvalue weighted by molar-refractivity contribution is -0.131. The number of hydrogen-bond acceptors (Lipinski definition) is 5. The molecule has 1 aromatic carbocycles. The number of carbonyl (C=O) groups is 2. The molecule has 1 amide bonds. The second-order valence-electron chi connectivity index (χ2n) is 6.62. The molecule has 1 fully saturated rings. The van der Waals surface area contributed by atoms with E-state index in [1.54, 1.807) is 30.3 Å². The van der Waals surface area contributed by atoms with Gasteiger partial charge in [0.2, 0.25) is 5.78 Å². The van der Waals surface area contributed by atoms with Crippen molar-refractivity contribution in [3.05, 3.63) is 70.3 Å². The minimum absolute atomic E-state index is 0.00443. The third-order valence-corrected chi connectivity index (χ3v) is 5.12. The molecule has 2 aliphatic rings. The van der Waals surface area contributed by atoms with Gasteiger partial charge in [0.05, 0.1) is 24.0 Å². The van der Waals surface area contributed by atoms with E-state index in [0.29, 0.717) is 17.2 Å². The van der Waals surface area contributed by atoms with Crippen molar-refractivity contribution < 1.29 is 23.8 Å². The summed E-state index contributed by atoms with van der Waals surface area (Å²) in [5.41, 5.74) is 0.642. The first-order valence-corrected chi connectivity index (χ1v) is 9.13. The highest BCUT2D eigenvalue weighted by atomic mass is 35.5. The zero-order chi connectivity index (χ0) is 19.0. The molecule has 2 aromatic rings. The quantitative estimate of drug-likeness (QED) is 0.791. The van der Waals surface area contributed by atoms with Crippen molar-refractivity contribution in [2.24, 2.45) is 0 Å². The van der Waals surface area contributed by atoms with Gasteiger partial charge in [-0.15, -0.1) is 0 Å². The predicted octanol–water partition coefficient (Wildman–Crippen LogP) is 3.69. The van der Waals surface area contributed by atoms with Crippen molar-refractivity contribution in [3.8, 4) is 0 Å². The summed E-state index contributed by atoms with van der Waals surface area (Å²) in [5, 5.41) is 11.0. The third kappa shape index (κ3) is 3.26. The number of Topliss-reactive ketones (excluding diaryl/α,β-unsaturated/α-hetero) is 1. The fourth-order valence-electron chi connectivity index (χ4n) is 3.65. The van der Waals surface area contributed by atoms with E-state index in [-0.39, 0.29) is 24.0 Å². The van der Waals surface area contributed by atoms with E-state index in [2.05, 4.69) is 0 Å².